The molecule has 126 valence electrons. The molecule has 5 nitrogen and oxygen atoms in total. The molecule has 0 bridgehead atoms. The number of fused-ring (bicyclic) bond motifs is 1. The monoisotopic (exact) mass is 345 g/mol. The summed E-state index contributed by atoms with van der Waals surface area (Å²) in [6.07, 6.45) is 2.39. The highest BCUT2D eigenvalue weighted by atomic mass is 35.5. The van der Waals surface area contributed by atoms with Crippen LogP contribution in [0.4, 0.5) is 5.82 Å². The number of ether oxygens (including phenoxy) is 1. The molecule has 0 radical (unpaired) electrons. The zero-order chi connectivity index (χ0) is 17.1. The van der Waals surface area contributed by atoms with E-state index in [1.54, 1.807) is 12.3 Å². The van der Waals surface area contributed by atoms with Gasteiger partial charge in [0.2, 0.25) is 5.91 Å². The van der Waals surface area contributed by atoms with Gasteiger partial charge in [-0.3, -0.25) is 4.79 Å². The van der Waals surface area contributed by atoms with Crippen LogP contribution in [-0.4, -0.2) is 31.6 Å². The molecule has 0 aliphatic carbocycles. The molecule has 1 atom stereocenters. The summed E-state index contributed by atoms with van der Waals surface area (Å²) in [6.45, 7) is 0.862. The fourth-order valence-electron chi connectivity index (χ4n) is 2.68. The van der Waals surface area contributed by atoms with E-state index in [-0.39, 0.29) is 11.8 Å². The van der Waals surface area contributed by atoms with Crippen LogP contribution >= 0.6 is 11.6 Å². The number of aromatic nitrogens is 1. The summed E-state index contributed by atoms with van der Waals surface area (Å²) in [5.74, 6) is 1.47. The Labute approximate surface area is 146 Å². The molecule has 3 rings (SSSR count). The molecule has 1 aliphatic heterocycles. The molecule has 1 aromatic heterocycles. The second-order valence-electron chi connectivity index (χ2n) is 6.10. The third-order valence-corrected chi connectivity index (χ3v) is 4.27. The van der Waals surface area contributed by atoms with Crippen molar-refractivity contribution in [2.24, 2.45) is 5.92 Å². The van der Waals surface area contributed by atoms with Crippen LogP contribution in [0.15, 0.2) is 36.5 Å². The molecule has 0 unspecified atom stereocenters. The first kappa shape index (κ1) is 16.6. The van der Waals surface area contributed by atoms with E-state index < -0.39 is 0 Å². The van der Waals surface area contributed by atoms with E-state index in [1.807, 2.05) is 43.3 Å². The maximum atomic E-state index is 12.4. The van der Waals surface area contributed by atoms with E-state index in [0.717, 1.165) is 22.7 Å². The van der Waals surface area contributed by atoms with Crippen molar-refractivity contribution in [3.05, 3.63) is 52.7 Å². The number of hydrogen-bond donors (Lipinski definition) is 1. The van der Waals surface area contributed by atoms with Crippen molar-refractivity contribution in [2.45, 2.75) is 13.0 Å². The van der Waals surface area contributed by atoms with Crippen molar-refractivity contribution >= 4 is 23.3 Å². The smallest absolute Gasteiger partial charge is 0.227 e. The molecule has 1 aromatic carbocycles. The van der Waals surface area contributed by atoms with Gasteiger partial charge in [0.1, 0.15) is 18.2 Å². The number of rotatable bonds is 4. The third kappa shape index (κ3) is 3.79. The zero-order valence-electron chi connectivity index (χ0n) is 13.8. The molecule has 2 aromatic rings. The lowest BCUT2D eigenvalue weighted by Crippen LogP contribution is -2.37. The number of carbonyl (C=O) groups is 1. The van der Waals surface area contributed by atoms with Crippen molar-refractivity contribution in [3.63, 3.8) is 0 Å². The number of anilines is 1. The highest BCUT2D eigenvalue weighted by Gasteiger charge is 2.26. The standard InChI is InChI=1S/C18H20ClN3O2/c1-22(2)17-7-12(5-6-20-17)10-21-18(23)14-8-13-9-15(19)3-4-16(13)24-11-14/h3-7,9,14H,8,10-11H2,1-2H3,(H,21,23)/t14-/m0/s1. The van der Waals surface area contributed by atoms with Gasteiger partial charge in [0, 0.05) is 31.9 Å². The van der Waals surface area contributed by atoms with Gasteiger partial charge in [0.05, 0.1) is 5.92 Å². The van der Waals surface area contributed by atoms with E-state index in [4.69, 9.17) is 16.3 Å². The van der Waals surface area contributed by atoms with Gasteiger partial charge in [-0.15, -0.1) is 0 Å². The van der Waals surface area contributed by atoms with Crippen LogP contribution in [0.5, 0.6) is 5.75 Å². The van der Waals surface area contributed by atoms with Gasteiger partial charge in [0.15, 0.2) is 0 Å². The van der Waals surface area contributed by atoms with E-state index in [9.17, 15) is 4.79 Å². The Morgan fingerprint density at radius 1 is 1.38 bits per heavy atom. The molecule has 24 heavy (non-hydrogen) atoms. The van der Waals surface area contributed by atoms with Gasteiger partial charge in [-0.1, -0.05) is 11.6 Å². The van der Waals surface area contributed by atoms with Crippen LogP contribution in [0, 0.1) is 5.92 Å². The number of benzene rings is 1. The molecule has 6 heteroatoms. The van der Waals surface area contributed by atoms with Crippen LogP contribution < -0.4 is 15.0 Å². The molecule has 1 N–H and O–H groups in total. The number of carbonyl (C=O) groups excluding carboxylic acids is 1. The SMILES string of the molecule is CN(C)c1cc(CNC(=O)[C@@H]2COc3ccc(Cl)cc3C2)ccn1. The van der Waals surface area contributed by atoms with Crippen molar-refractivity contribution in [1.29, 1.82) is 0 Å². The molecular formula is C18H20ClN3O2. The molecule has 1 aliphatic rings. The van der Waals surface area contributed by atoms with E-state index >= 15 is 0 Å². The lowest BCUT2D eigenvalue weighted by Gasteiger charge is -2.24. The zero-order valence-corrected chi connectivity index (χ0v) is 14.5. The highest BCUT2D eigenvalue weighted by molar-refractivity contribution is 6.30. The van der Waals surface area contributed by atoms with Crippen LogP contribution in [0.3, 0.4) is 0 Å². The normalized spacial score (nSPS) is 16.0. The summed E-state index contributed by atoms with van der Waals surface area (Å²) in [7, 11) is 3.87. The van der Waals surface area contributed by atoms with Gasteiger partial charge in [-0.05, 0) is 47.9 Å². The number of nitrogens with one attached hydrogen (secondary N) is 1. The van der Waals surface area contributed by atoms with E-state index in [0.29, 0.717) is 24.6 Å². The summed E-state index contributed by atoms with van der Waals surface area (Å²) >= 11 is 6.02. The van der Waals surface area contributed by atoms with E-state index in [2.05, 4.69) is 10.3 Å². The summed E-state index contributed by atoms with van der Waals surface area (Å²) in [4.78, 5) is 18.6. The molecule has 0 saturated heterocycles. The molecule has 2 heterocycles. The highest BCUT2D eigenvalue weighted by Crippen LogP contribution is 2.29. The molecular weight excluding hydrogens is 326 g/mol. The van der Waals surface area contributed by atoms with Crippen LogP contribution in [0.25, 0.3) is 0 Å². The average molecular weight is 346 g/mol. The van der Waals surface area contributed by atoms with Crippen molar-refractivity contribution < 1.29 is 9.53 Å². The quantitative estimate of drug-likeness (QED) is 0.925. The number of nitrogens with zero attached hydrogens (tertiary/aromatic N) is 2. The molecule has 0 saturated carbocycles. The summed E-state index contributed by atoms with van der Waals surface area (Å²) in [6, 6.07) is 9.38. The minimum absolute atomic E-state index is 0.0103. The summed E-state index contributed by atoms with van der Waals surface area (Å²) in [5.41, 5.74) is 2.00. The van der Waals surface area contributed by atoms with Gasteiger partial charge < -0.3 is 15.0 Å². The largest absolute Gasteiger partial charge is 0.492 e. The summed E-state index contributed by atoms with van der Waals surface area (Å²) in [5, 5.41) is 3.64. The third-order valence-electron chi connectivity index (χ3n) is 4.03. The summed E-state index contributed by atoms with van der Waals surface area (Å²) < 4.78 is 5.68. The Morgan fingerprint density at radius 2 is 2.21 bits per heavy atom. The fourth-order valence-corrected chi connectivity index (χ4v) is 2.87. The molecule has 0 fully saturated rings. The van der Waals surface area contributed by atoms with Gasteiger partial charge in [-0.25, -0.2) is 4.98 Å². The predicted octanol–water partition coefficient (Wildman–Crippen LogP) is 2.67. The van der Waals surface area contributed by atoms with Crippen molar-refractivity contribution in [3.8, 4) is 5.75 Å². The Kier molecular flexibility index (Phi) is 4.90. The minimum atomic E-state index is -0.203. The fraction of sp³-hybridized carbons (Fsp3) is 0.333. The maximum absolute atomic E-state index is 12.4. The lowest BCUT2D eigenvalue weighted by molar-refractivity contribution is -0.126. The van der Waals surface area contributed by atoms with Gasteiger partial charge in [0.25, 0.3) is 0 Å². The second-order valence-corrected chi connectivity index (χ2v) is 6.54. The van der Waals surface area contributed by atoms with Crippen LogP contribution in [0.2, 0.25) is 5.02 Å². The lowest BCUT2D eigenvalue weighted by atomic mass is 9.96. The maximum Gasteiger partial charge on any atom is 0.227 e. The predicted molar refractivity (Wildman–Crippen MR) is 94.6 cm³/mol. The Morgan fingerprint density at radius 3 is 3.00 bits per heavy atom. The Bertz CT molecular complexity index is 749. The first-order valence-electron chi connectivity index (χ1n) is 7.84. The average Bonchev–Trinajstić information content (AvgIpc) is 2.59. The van der Waals surface area contributed by atoms with Crippen LogP contribution in [0.1, 0.15) is 11.1 Å². The second kappa shape index (κ2) is 7.09. The van der Waals surface area contributed by atoms with E-state index in [1.165, 1.54) is 0 Å². The van der Waals surface area contributed by atoms with Gasteiger partial charge >= 0.3 is 0 Å². The van der Waals surface area contributed by atoms with Crippen LogP contribution in [-0.2, 0) is 17.8 Å². The van der Waals surface area contributed by atoms with Gasteiger partial charge in [-0.2, -0.15) is 0 Å². The molecule has 1 amide bonds. The molecule has 0 spiro atoms. The number of halogens is 1. The van der Waals surface area contributed by atoms with Crippen molar-refractivity contribution in [1.82, 2.24) is 10.3 Å². The number of hydrogen-bond acceptors (Lipinski definition) is 4. The topological polar surface area (TPSA) is 54.5 Å². The number of amides is 1. The Hall–Kier alpha value is -2.27. The van der Waals surface area contributed by atoms with Crippen molar-refractivity contribution in [2.75, 3.05) is 25.6 Å². The first-order chi connectivity index (χ1) is 11.5. The first-order valence-corrected chi connectivity index (χ1v) is 8.22. The Balaban J connectivity index is 1.61. The number of pyridine rings is 1. The minimum Gasteiger partial charge on any atom is -0.492 e.